The van der Waals surface area contributed by atoms with Crippen LogP contribution in [0.4, 0.5) is 0 Å². The maximum Gasteiger partial charge on any atom is 0.119 e. The molecule has 1 atom stereocenters. The van der Waals surface area contributed by atoms with Crippen LogP contribution < -0.4 is 4.74 Å². The average molecular weight is 344 g/mol. The monoisotopic (exact) mass is 343 g/mol. The minimum Gasteiger partial charge on any atom is -0.491 e. The zero-order chi connectivity index (χ0) is 14.5. The molecule has 1 heterocycles. The highest BCUT2D eigenvalue weighted by molar-refractivity contribution is 9.10. The van der Waals surface area contributed by atoms with Gasteiger partial charge in [0.05, 0.1) is 13.2 Å². The summed E-state index contributed by atoms with van der Waals surface area (Å²) in [6.45, 7) is 7.59. The fourth-order valence-corrected chi connectivity index (χ4v) is 2.64. The molecular formula is C15H22BrNO3. The van der Waals surface area contributed by atoms with Gasteiger partial charge in [-0.25, -0.2) is 0 Å². The third-order valence-corrected chi connectivity index (χ3v) is 4.30. The van der Waals surface area contributed by atoms with E-state index in [-0.39, 0.29) is 12.7 Å². The van der Waals surface area contributed by atoms with Crippen molar-refractivity contribution in [1.82, 2.24) is 4.90 Å². The lowest BCUT2D eigenvalue weighted by molar-refractivity contribution is -0.0564. The van der Waals surface area contributed by atoms with Crippen LogP contribution in [0.2, 0.25) is 0 Å². The normalized spacial score (nSPS) is 20.4. The van der Waals surface area contributed by atoms with E-state index < -0.39 is 0 Å². The molecule has 1 aliphatic heterocycles. The third-order valence-electron chi connectivity index (χ3n) is 3.52. The van der Waals surface area contributed by atoms with E-state index in [0.717, 1.165) is 35.5 Å². The fraction of sp³-hybridized carbons (Fsp3) is 0.600. The standard InChI is InChI=1S/C15H22BrNO3/c1-11(2)17-5-6-19-14(8-17)10-20-13-3-4-15(16)12(7-13)9-18/h3-4,7,11,14,18H,5-6,8-10H2,1-2H3. The van der Waals surface area contributed by atoms with Gasteiger partial charge < -0.3 is 14.6 Å². The van der Waals surface area contributed by atoms with Crippen LogP contribution >= 0.6 is 15.9 Å². The first-order valence-electron chi connectivity index (χ1n) is 6.98. The number of benzene rings is 1. The van der Waals surface area contributed by atoms with Gasteiger partial charge in [0, 0.05) is 23.6 Å². The van der Waals surface area contributed by atoms with Crippen LogP contribution in [0.15, 0.2) is 22.7 Å². The molecule has 1 unspecified atom stereocenters. The minimum atomic E-state index is -0.00115. The molecule has 0 amide bonds. The van der Waals surface area contributed by atoms with Crippen molar-refractivity contribution in [2.24, 2.45) is 0 Å². The van der Waals surface area contributed by atoms with Gasteiger partial charge in [-0.15, -0.1) is 0 Å². The Labute approximate surface area is 128 Å². The number of aliphatic hydroxyl groups excluding tert-OH is 1. The summed E-state index contributed by atoms with van der Waals surface area (Å²) in [5.74, 6) is 0.766. The van der Waals surface area contributed by atoms with Crippen molar-refractivity contribution < 1.29 is 14.6 Å². The number of morpholine rings is 1. The predicted molar refractivity (Wildman–Crippen MR) is 82.0 cm³/mol. The topological polar surface area (TPSA) is 41.9 Å². The molecule has 0 saturated carbocycles. The lowest BCUT2D eigenvalue weighted by atomic mass is 10.2. The van der Waals surface area contributed by atoms with Crippen LogP contribution in [0.1, 0.15) is 19.4 Å². The van der Waals surface area contributed by atoms with Gasteiger partial charge in [-0.1, -0.05) is 15.9 Å². The Morgan fingerprint density at radius 3 is 3.00 bits per heavy atom. The smallest absolute Gasteiger partial charge is 0.119 e. The van der Waals surface area contributed by atoms with E-state index in [1.54, 1.807) is 0 Å². The Kier molecular flexibility index (Phi) is 5.84. The molecule has 112 valence electrons. The Hall–Kier alpha value is -0.620. The highest BCUT2D eigenvalue weighted by Crippen LogP contribution is 2.23. The van der Waals surface area contributed by atoms with Crippen LogP contribution in [0, 0.1) is 0 Å². The molecule has 1 aromatic rings. The molecule has 0 radical (unpaired) electrons. The highest BCUT2D eigenvalue weighted by atomic mass is 79.9. The first kappa shape index (κ1) is 15.8. The van der Waals surface area contributed by atoms with E-state index in [4.69, 9.17) is 9.47 Å². The largest absolute Gasteiger partial charge is 0.491 e. The van der Waals surface area contributed by atoms with Crippen LogP contribution in [0.5, 0.6) is 5.75 Å². The highest BCUT2D eigenvalue weighted by Gasteiger charge is 2.22. The summed E-state index contributed by atoms with van der Waals surface area (Å²) >= 11 is 3.40. The van der Waals surface area contributed by atoms with Gasteiger partial charge in [0.1, 0.15) is 18.5 Å². The van der Waals surface area contributed by atoms with Gasteiger partial charge in [-0.3, -0.25) is 4.90 Å². The third kappa shape index (κ3) is 4.19. The number of hydrogen-bond acceptors (Lipinski definition) is 4. The maximum absolute atomic E-state index is 9.24. The Morgan fingerprint density at radius 1 is 1.50 bits per heavy atom. The fourth-order valence-electron chi connectivity index (χ4n) is 2.26. The molecule has 0 spiro atoms. The summed E-state index contributed by atoms with van der Waals surface area (Å²) in [4.78, 5) is 2.40. The summed E-state index contributed by atoms with van der Waals surface area (Å²) < 4.78 is 12.4. The number of nitrogens with zero attached hydrogens (tertiary/aromatic N) is 1. The molecule has 2 rings (SSSR count). The van der Waals surface area contributed by atoms with Crippen LogP contribution in [-0.2, 0) is 11.3 Å². The molecule has 1 aliphatic rings. The molecule has 1 saturated heterocycles. The van der Waals surface area contributed by atoms with E-state index in [0.29, 0.717) is 12.6 Å². The van der Waals surface area contributed by atoms with Crippen molar-refractivity contribution in [3.8, 4) is 5.75 Å². The Bertz CT molecular complexity index is 439. The summed E-state index contributed by atoms with van der Waals surface area (Å²) in [5, 5.41) is 9.24. The number of ether oxygens (including phenoxy) is 2. The molecule has 5 heteroatoms. The number of aliphatic hydroxyl groups is 1. The number of hydrogen-bond donors (Lipinski definition) is 1. The zero-order valence-corrected chi connectivity index (χ0v) is 13.6. The van der Waals surface area contributed by atoms with Crippen molar-refractivity contribution in [2.75, 3.05) is 26.3 Å². The summed E-state index contributed by atoms with van der Waals surface area (Å²) in [6.07, 6.45) is 0.104. The molecular weight excluding hydrogens is 322 g/mol. The zero-order valence-electron chi connectivity index (χ0n) is 12.0. The SMILES string of the molecule is CC(C)N1CCOC(COc2ccc(Br)c(CO)c2)C1. The molecule has 1 N–H and O–H groups in total. The van der Waals surface area contributed by atoms with E-state index in [9.17, 15) is 5.11 Å². The number of rotatable bonds is 5. The first-order valence-corrected chi connectivity index (χ1v) is 7.77. The second-order valence-corrected chi connectivity index (χ2v) is 6.16. The van der Waals surface area contributed by atoms with Gasteiger partial charge in [0.2, 0.25) is 0 Å². The molecule has 0 aromatic heterocycles. The van der Waals surface area contributed by atoms with E-state index in [1.807, 2.05) is 18.2 Å². The van der Waals surface area contributed by atoms with Gasteiger partial charge in [-0.05, 0) is 37.6 Å². The summed E-state index contributed by atoms with van der Waals surface area (Å²) in [6, 6.07) is 6.18. The van der Waals surface area contributed by atoms with E-state index >= 15 is 0 Å². The lowest BCUT2D eigenvalue weighted by Crippen LogP contribution is -2.47. The lowest BCUT2D eigenvalue weighted by Gasteiger charge is -2.35. The summed E-state index contributed by atoms with van der Waals surface area (Å²) in [5.41, 5.74) is 0.830. The van der Waals surface area contributed by atoms with Gasteiger partial charge >= 0.3 is 0 Å². The average Bonchev–Trinajstić information content (AvgIpc) is 2.46. The Morgan fingerprint density at radius 2 is 2.30 bits per heavy atom. The van der Waals surface area contributed by atoms with Gasteiger partial charge in [0.15, 0.2) is 0 Å². The summed E-state index contributed by atoms with van der Waals surface area (Å²) in [7, 11) is 0. The first-order chi connectivity index (χ1) is 9.60. The van der Waals surface area contributed by atoms with Crippen LogP contribution in [-0.4, -0.2) is 48.5 Å². The predicted octanol–water partition coefficient (Wildman–Crippen LogP) is 2.43. The van der Waals surface area contributed by atoms with Crippen molar-refractivity contribution in [3.63, 3.8) is 0 Å². The van der Waals surface area contributed by atoms with E-state index in [2.05, 4.69) is 34.7 Å². The van der Waals surface area contributed by atoms with Gasteiger partial charge in [0.25, 0.3) is 0 Å². The molecule has 1 fully saturated rings. The van der Waals surface area contributed by atoms with E-state index in [1.165, 1.54) is 0 Å². The second kappa shape index (κ2) is 7.41. The molecule has 1 aromatic carbocycles. The van der Waals surface area contributed by atoms with Crippen molar-refractivity contribution >= 4 is 15.9 Å². The quantitative estimate of drug-likeness (QED) is 0.891. The van der Waals surface area contributed by atoms with Crippen molar-refractivity contribution in [2.45, 2.75) is 32.6 Å². The molecule has 20 heavy (non-hydrogen) atoms. The van der Waals surface area contributed by atoms with Crippen molar-refractivity contribution in [1.29, 1.82) is 0 Å². The Balaban J connectivity index is 1.88. The number of halogens is 1. The maximum atomic E-state index is 9.24. The second-order valence-electron chi connectivity index (χ2n) is 5.30. The van der Waals surface area contributed by atoms with Crippen LogP contribution in [0.3, 0.4) is 0 Å². The molecule has 0 bridgehead atoms. The van der Waals surface area contributed by atoms with Crippen LogP contribution in [0.25, 0.3) is 0 Å². The minimum absolute atomic E-state index is 0.00115. The van der Waals surface area contributed by atoms with Crippen molar-refractivity contribution in [3.05, 3.63) is 28.2 Å². The molecule has 4 nitrogen and oxygen atoms in total. The van der Waals surface area contributed by atoms with Gasteiger partial charge in [-0.2, -0.15) is 0 Å². The molecule has 0 aliphatic carbocycles.